The molecule has 1 rings (SSSR count). The van der Waals surface area contributed by atoms with Gasteiger partial charge >= 0.3 is 6.03 Å². The second-order valence-corrected chi connectivity index (χ2v) is 3.75. The molecule has 0 radical (unpaired) electrons. The van der Waals surface area contributed by atoms with Crippen molar-refractivity contribution in [2.75, 3.05) is 13.2 Å². The lowest BCUT2D eigenvalue weighted by molar-refractivity contribution is -0.125. The van der Waals surface area contributed by atoms with Crippen LogP contribution in [0, 0.1) is 0 Å². The molecule has 0 aromatic carbocycles. The minimum Gasteiger partial charge on any atom is -0.395 e. The maximum atomic E-state index is 11.5. The number of imide groups is 1. The molecule has 2 unspecified atom stereocenters. The number of nitrogens with two attached hydrogens (primary N) is 1. The van der Waals surface area contributed by atoms with Crippen LogP contribution in [-0.2, 0) is 4.79 Å². The quantitative estimate of drug-likeness (QED) is 0.564. The Morgan fingerprint density at radius 3 is 2.87 bits per heavy atom. The van der Waals surface area contributed by atoms with E-state index in [1.165, 1.54) is 0 Å². The number of nitrogens with zero attached hydrogens (tertiary/aromatic N) is 1. The standard InChI is InChI=1S/C9H17N3O3/c1-6(8(14)11-9(10)15)12-4-2-3-7(12)5-13/h6-7,13H,2-5H2,1H3,(H3,10,11,14,15). The number of aliphatic hydroxyl groups excluding tert-OH is 1. The minimum absolute atomic E-state index is 0.0126. The second-order valence-electron chi connectivity index (χ2n) is 3.75. The molecule has 0 saturated carbocycles. The zero-order chi connectivity index (χ0) is 11.4. The Kier molecular flexibility index (Phi) is 4.05. The van der Waals surface area contributed by atoms with E-state index in [0.717, 1.165) is 19.4 Å². The summed E-state index contributed by atoms with van der Waals surface area (Å²) >= 11 is 0. The Morgan fingerprint density at radius 1 is 1.67 bits per heavy atom. The number of carbonyl (C=O) groups excluding carboxylic acids is 2. The first-order chi connectivity index (χ1) is 7.06. The summed E-state index contributed by atoms with van der Waals surface area (Å²) in [6.07, 6.45) is 1.84. The molecule has 3 amide bonds. The number of hydrogen-bond acceptors (Lipinski definition) is 4. The van der Waals surface area contributed by atoms with Gasteiger partial charge in [-0.2, -0.15) is 0 Å². The summed E-state index contributed by atoms with van der Waals surface area (Å²) in [5.74, 6) is -0.414. The van der Waals surface area contributed by atoms with E-state index in [2.05, 4.69) is 0 Å². The molecule has 6 heteroatoms. The molecule has 0 bridgehead atoms. The number of nitrogens with one attached hydrogen (secondary N) is 1. The third-order valence-corrected chi connectivity index (χ3v) is 2.76. The Morgan fingerprint density at radius 2 is 2.33 bits per heavy atom. The number of hydrogen-bond donors (Lipinski definition) is 3. The van der Waals surface area contributed by atoms with Gasteiger partial charge in [0.05, 0.1) is 12.6 Å². The highest BCUT2D eigenvalue weighted by Crippen LogP contribution is 2.19. The molecule has 0 spiro atoms. The van der Waals surface area contributed by atoms with Gasteiger partial charge in [0.25, 0.3) is 0 Å². The molecular formula is C9H17N3O3. The van der Waals surface area contributed by atoms with Gasteiger partial charge in [-0.05, 0) is 26.3 Å². The average molecular weight is 215 g/mol. The number of urea groups is 1. The van der Waals surface area contributed by atoms with Crippen molar-refractivity contribution in [3.8, 4) is 0 Å². The van der Waals surface area contributed by atoms with Crippen molar-refractivity contribution in [1.82, 2.24) is 10.2 Å². The van der Waals surface area contributed by atoms with Gasteiger partial charge in [0, 0.05) is 6.04 Å². The van der Waals surface area contributed by atoms with Gasteiger partial charge in [0.1, 0.15) is 0 Å². The largest absolute Gasteiger partial charge is 0.395 e. The van der Waals surface area contributed by atoms with Crippen LogP contribution in [-0.4, -0.2) is 47.2 Å². The van der Waals surface area contributed by atoms with Crippen molar-refractivity contribution in [2.24, 2.45) is 5.73 Å². The molecule has 1 fully saturated rings. The van der Waals surface area contributed by atoms with Crippen LogP contribution in [0.2, 0.25) is 0 Å². The highest BCUT2D eigenvalue weighted by molar-refractivity contribution is 5.96. The van der Waals surface area contributed by atoms with Crippen LogP contribution in [0.15, 0.2) is 0 Å². The summed E-state index contributed by atoms with van der Waals surface area (Å²) < 4.78 is 0. The van der Waals surface area contributed by atoms with Crippen molar-refractivity contribution in [1.29, 1.82) is 0 Å². The van der Waals surface area contributed by atoms with Crippen molar-refractivity contribution >= 4 is 11.9 Å². The van der Waals surface area contributed by atoms with Crippen molar-refractivity contribution < 1.29 is 14.7 Å². The van der Waals surface area contributed by atoms with Crippen LogP contribution in [0.3, 0.4) is 0 Å². The first-order valence-electron chi connectivity index (χ1n) is 5.03. The zero-order valence-electron chi connectivity index (χ0n) is 8.77. The van der Waals surface area contributed by atoms with Crippen molar-refractivity contribution in [3.05, 3.63) is 0 Å². The SMILES string of the molecule is CC(C(=O)NC(N)=O)N1CCCC1CO. The van der Waals surface area contributed by atoms with Gasteiger partial charge in [-0.1, -0.05) is 0 Å². The molecule has 0 aromatic heterocycles. The van der Waals surface area contributed by atoms with Gasteiger partial charge in [0.2, 0.25) is 5.91 Å². The van der Waals surface area contributed by atoms with E-state index in [4.69, 9.17) is 10.8 Å². The van der Waals surface area contributed by atoms with E-state index in [1.807, 2.05) is 10.2 Å². The van der Waals surface area contributed by atoms with Crippen molar-refractivity contribution in [3.63, 3.8) is 0 Å². The van der Waals surface area contributed by atoms with Crippen LogP contribution in [0.4, 0.5) is 4.79 Å². The lowest BCUT2D eigenvalue weighted by Crippen LogP contribution is -2.50. The predicted molar refractivity (Wildman–Crippen MR) is 54.0 cm³/mol. The van der Waals surface area contributed by atoms with E-state index in [1.54, 1.807) is 6.92 Å². The molecule has 4 N–H and O–H groups in total. The van der Waals surface area contributed by atoms with E-state index in [0.29, 0.717) is 0 Å². The van der Waals surface area contributed by atoms with Crippen LogP contribution in [0.25, 0.3) is 0 Å². The number of amides is 3. The second kappa shape index (κ2) is 5.09. The first-order valence-corrected chi connectivity index (χ1v) is 5.03. The van der Waals surface area contributed by atoms with Crippen LogP contribution in [0.1, 0.15) is 19.8 Å². The highest BCUT2D eigenvalue weighted by Gasteiger charge is 2.31. The molecular weight excluding hydrogens is 198 g/mol. The molecule has 6 nitrogen and oxygen atoms in total. The normalized spacial score (nSPS) is 23.7. The molecule has 0 aromatic rings. The fourth-order valence-electron chi connectivity index (χ4n) is 1.94. The smallest absolute Gasteiger partial charge is 0.318 e. The Bertz CT molecular complexity index is 257. The summed E-state index contributed by atoms with van der Waals surface area (Å²) in [5, 5.41) is 11.1. The summed E-state index contributed by atoms with van der Waals surface area (Å²) in [6.45, 7) is 2.50. The Hall–Kier alpha value is -1.14. The Labute approximate surface area is 88.4 Å². The third kappa shape index (κ3) is 2.90. The number of aliphatic hydroxyl groups is 1. The maximum absolute atomic E-state index is 11.5. The van der Waals surface area contributed by atoms with Crippen LogP contribution in [0.5, 0.6) is 0 Å². The average Bonchev–Trinajstić information content (AvgIpc) is 2.62. The van der Waals surface area contributed by atoms with E-state index >= 15 is 0 Å². The monoisotopic (exact) mass is 215 g/mol. The summed E-state index contributed by atoms with van der Waals surface area (Å²) in [4.78, 5) is 23.9. The minimum atomic E-state index is -0.841. The van der Waals surface area contributed by atoms with Gasteiger partial charge in [-0.15, -0.1) is 0 Å². The lowest BCUT2D eigenvalue weighted by atomic mass is 10.2. The van der Waals surface area contributed by atoms with Crippen LogP contribution < -0.4 is 11.1 Å². The summed E-state index contributed by atoms with van der Waals surface area (Å²) in [7, 11) is 0. The van der Waals surface area contributed by atoms with E-state index in [-0.39, 0.29) is 12.6 Å². The topological polar surface area (TPSA) is 95.7 Å². The lowest BCUT2D eigenvalue weighted by Gasteiger charge is -2.28. The summed E-state index contributed by atoms with van der Waals surface area (Å²) in [6, 6.07) is -1.26. The molecule has 1 aliphatic heterocycles. The van der Waals surface area contributed by atoms with Gasteiger partial charge < -0.3 is 10.8 Å². The van der Waals surface area contributed by atoms with Crippen LogP contribution >= 0.6 is 0 Å². The van der Waals surface area contributed by atoms with E-state index in [9.17, 15) is 9.59 Å². The van der Waals surface area contributed by atoms with E-state index < -0.39 is 18.0 Å². The number of carbonyl (C=O) groups is 2. The van der Waals surface area contributed by atoms with Crippen molar-refractivity contribution in [2.45, 2.75) is 31.8 Å². The fourth-order valence-corrected chi connectivity index (χ4v) is 1.94. The van der Waals surface area contributed by atoms with Gasteiger partial charge in [-0.25, -0.2) is 4.79 Å². The van der Waals surface area contributed by atoms with Gasteiger partial charge in [-0.3, -0.25) is 15.0 Å². The Balaban J connectivity index is 2.55. The number of rotatable bonds is 3. The molecule has 15 heavy (non-hydrogen) atoms. The highest BCUT2D eigenvalue weighted by atomic mass is 16.3. The molecule has 1 saturated heterocycles. The molecule has 86 valence electrons. The summed E-state index contributed by atoms with van der Waals surface area (Å²) in [5.41, 5.74) is 4.86. The molecule has 0 aliphatic carbocycles. The molecule has 2 atom stereocenters. The fraction of sp³-hybridized carbons (Fsp3) is 0.778. The van der Waals surface area contributed by atoms with Gasteiger partial charge in [0.15, 0.2) is 0 Å². The molecule has 1 heterocycles. The number of likely N-dealkylation sites (tertiary alicyclic amines) is 1. The number of primary amides is 1. The zero-order valence-corrected chi connectivity index (χ0v) is 8.77. The first kappa shape index (κ1) is 11.9. The molecule has 1 aliphatic rings. The third-order valence-electron chi connectivity index (χ3n) is 2.76. The predicted octanol–water partition coefficient (Wildman–Crippen LogP) is -0.973. The maximum Gasteiger partial charge on any atom is 0.318 e.